The van der Waals surface area contributed by atoms with Gasteiger partial charge in [-0.05, 0) is 18.1 Å². The number of hydrogen-bond acceptors (Lipinski definition) is 2. The molecular weight excluding hydrogens is 164 g/mol. The van der Waals surface area contributed by atoms with Crippen LogP contribution in [0.15, 0.2) is 12.1 Å². The van der Waals surface area contributed by atoms with Crippen molar-refractivity contribution in [3.8, 4) is 0 Å². The highest BCUT2D eigenvalue weighted by atomic mass is 16.3. The van der Waals surface area contributed by atoms with E-state index in [1.54, 1.807) is 0 Å². The zero-order chi connectivity index (χ0) is 10.0. The smallest absolute Gasteiger partial charge is 0.0962 e. The van der Waals surface area contributed by atoms with E-state index in [1.165, 1.54) is 0 Å². The third-order valence-corrected chi connectivity index (χ3v) is 2.41. The Morgan fingerprint density at radius 3 is 2.46 bits per heavy atom. The van der Waals surface area contributed by atoms with E-state index < -0.39 is 6.10 Å². The highest BCUT2D eigenvalue weighted by molar-refractivity contribution is 5.18. The van der Waals surface area contributed by atoms with Crippen molar-refractivity contribution in [1.82, 2.24) is 4.57 Å². The van der Waals surface area contributed by atoms with E-state index in [2.05, 4.69) is 0 Å². The molecule has 0 aliphatic carbocycles. The molecule has 0 amide bonds. The molecule has 0 aliphatic heterocycles. The van der Waals surface area contributed by atoms with E-state index in [-0.39, 0.29) is 5.92 Å². The molecule has 0 spiro atoms. The van der Waals surface area contributed by atoms with Crippen LogP contribution in [-0.4, -0.2) is 9.67 Å². The maximum atomic E-state index is 9.83. The molecule has 3 nitrogen and oxygen atoms in total. The lowest BCUT2D eigenvalue weighted by Crippen LogP contribution is -2.12. The molecule has 1 heterocycles. The fraction of sp³-hybridized carbons (Fsp3) is 0.600. The average molecular weight is 182 g/mol. The Labute approximate surface area is 79.2 Å². The Hall–Kier alpha value is -0.800. The first-order valence-electron chi connectivity index (χ1n) is 4.60. The van der Waals surface area contributed by atoms with E-state index in [0.29, 0.717) is 6.54 Å². The van der Waals surface area contributed by atoms with Crippen molar-refractivity contribution in [2.75, 3.05) is 0 Å². The van der Waals surface area contributed by atoms with Crippen LogP contribution in [0.2, 0.25) is 0 Å². The van der Waals surface area contributed by atoms with Crippen LogP contribution in [-0.2, 0) is 13.6 Å². The molecule has 0 saturated carbocycles. The highest BCUT2D eigenvalue weighted by Crippen LogP contribution is 2.22. The lowest BCUT2D eigenvalue weighted by atomic mass is 10.0. The van der Waals surface area contributed by atoms with Crippen LogP contribution < -0.4 is 5.73 Å². The Morgan fingerprint density at radius 2 is 2.08 bits per heavy atom. The molecule has 74 valence electrons. The first-order chi connectivity index (χ1) is 6.07. The van der Waals surface area contributed by atoms with Gasteiger partial charge >= 0.3 is 0 Å². The molecule has 1 aromatic heterocycles. The fourth-order valence-corrected chi connectivity index (χ4v) is 1.41. The van der Waals surface area contributed by atoms with Crippen molar-refractivity contribution in [2.45, 2.75) is 26.5 Å². The van der Waals surface area contributed by atoms with Crippen molar-refractivity contribution in [1.29, 1.82) is 0 Å². The minimum absolute atomic E-state index is 0.235. The predicted octanol–water partition coefficient (Wildman–Crippen LogP) is 1.17. The minimum Gasteiger partial charge on any atom is -0.387 e. The molecule has 0 saturated heterocycles. The molecular formula is C10H18N2O. The number of aromatic nitrogens is 1. The SMILES string of the molecule is CC(C)C(O)c1ccc(CN)n1C. The molecule has 0 aromatic carbocycles. The highest BCUT2D eigenvalue weighted by Gasteiger charge is 2.15. The summed E-state index contributed by atoms with van der Waals surface area (Å²) in [5.74, 6) is 0.235. The second kappa shape index (κ2) is 3.94. The van der Waals surface area contributed by atoms with Gasteiger partial charge in [0.2, 0.25) is 0 Å². The number of aliphatic hydroxyl groups is 1. The quantitative estimate of drug-likeness (QED) is 0.737. The van der Waals surface area contributed by atoms with E-state index in [9.17, 15) is 5.11 Å². The second-order valence-corrected chi connectivity index (χ2v) is 3.70. The van der Waals surface area contributed by atoms with Crippen molar-refractivity contribution >= 4 is 0 Å². The van der Waals surface area contributed by atoms with Crippen molar-refractivity contribution in [3.63, 3.8) is 0 Å². The number of nitrogens with zero attached hydrogens (tertiary/aromatic N) is 1. The van der Waals surface area contributed by atoms with Crippen molar-refractivity contribution in [2.24, 2.45) is 18.7 Å². The summed E-state index contributed by atoms with van der Waals surface area (Å²) in [5, 5.41) is 9.83. The molecule has 1 atom stereocenters. The van der Waals surface area contributed by atoms with Crippen LogP contribution >= 0.6 is 0 Å². The maximum absolute atomic E-state index is 9.83. The third kappa shape index (κ3) is 1.92. The summed E-state index contributed by atoms with van der Waals surface area (Å²) in [6.45, 7) is 4.51. The largest absolute Gasteiger partial charge is 0.387 e. The normalized spacial score (nSPS) is 13.7. The van der Waals surface area contributed by atoms with Gasteiger partial charge in [0.15, 0.2) is 0 Å². The number of aliphatic hydroxyl groups excluding tert-OH is 1. The van der Waals surface area contributed by atoms with Gasteiger partial charge in [0.05, 0.1) is 6.10 Å². The van der Waals surface area contributed by atoms with Crippen LogP contribution in [0.25, 0.3) is 0 Å². The number of hydrogen-bond donors (Lipinski definition) is 2. The lowest BCUT2D eigenvalue weighted by Gasteiger charge is -2.16. The molecule has 3 N–H and O–H groups in total. The molecule has 1 rings (SSSR count). The molecule has 0 fully saturated rings. The van der Waals surface area contributed by atoms with Crippen LogP contribution in [0.1, 0.15) is 31.3 Å². The van der Waals surface area contributed by atoms with Crippen LogP contribution in [0.5, 0.6) is 0 Å². The van der Waals surface area contributed by atoms with Crippen molar-refractivity contribution < 1.29 is 5.11 Å². The van der Waals surface area contributed by atoms with Gasteiger partial charge in [-0.2, -0.15) is 0 Å². The van der Waals surface area contributed by atoms with Gasteiger partial charge in [-0.3, -0.25) is 0 Å². The van der Waals surface area contributed by atoms with Gasteiger partial charge in [0, 0.05) is 25.0 Å². The van der Waals surface area contributed by atoms with E-state index in [1.807, 2.05) is 37.6 Å². The summed E-state index contributed by atoms with van der Waals surface area (Å²) in [6.07, 6.45) is -0.398. The van der Waals surface area contributed by atoms with Crippen LogP contribution in [0.3, 0.4) is 0 Å². The average Bonchev–Trinajstić information content (AvgIpc) is 2.45. The molecule has 1 unspecified atom stereocenters. The zero-order valence-electron chi connectivity index (χ0n) is 8.49. The van der Waals surface area contributed by atoms with E-state index >= 15 is 0 Å². The summed E-state index contributed by atoms with van der Waals surface area (Å²) in [5.41, 5.74) is 7.53. The van der Waals surface area contributed by atoms with E-state index in [4.69, 9.17) is 5.73 Å². The second-order valence-electron chi connectivity index (χ2n) is 3.70. The van der Waals surface area contributed by atoms with Crippen LogP contribution in [0.4, 0.5) is 0 Å². The molecule has 0 aliphatic rings. The zero-order valence-corrected chi connectivity index (χ0v) is 8.49. The van der Waals surface area contributed by atoms with Gasteiger partial charge in [-0.25, -0.2) is 0 Å². The molecule has 0 bridgehead atoms. The Morgan fingerprint density at radius 1 is 1.46 bits per heavy atom. The first kappa shape index (κ1) is 10.3. The van der Waals surface area contributed by atoms with Crippen molar-refractivity contribution in [3.05, 3.63) is 23.5 Å². The fourth-order valence-electron chi connectivity index (χ4n) is 1.41. The van der Waals surface area contributed by atoms with Gasteiger partial charge in [0.1, 0.15) is 0 Å². The summed E-state index contributed by atoms with van der Waals surface area (Å²) in [4.78, 5) is 0. The number of nitrogens with two attached hydrogens (primary N) is 1. The van der Waals surface area contributed by atoms with E-state index in [0.717, 1.165) is 11.4 Å². The third-order valence-electron chi connectivity index (χ3n) is 2.41. The topological polar surface area (TPSA) is 51.2 Å². The summed E-state index contributed by atoms with van der Waals surface area (Å²) in [7, 11) is 1.93. The Bertz CT molecular complexity index is 278. The molecule has 13 heavy (non-hydrogen) atoms. The van der Waals surface area contributed by atoms with Gasteiger partial charge in [-0.15, -0.1) is 0 Å². The minimum atomic E-state index is -0.398. The van der Waals surface area contributed by atoms with Gasteiger partial charge < -0.3 is 15.4 Å². The Balaban J connectivity index is 2.95. The monoisotopic (exact) mass is 182 g/mol. The first-order valence-corrected chi connectivity index (χ1v) is 4.60. The van der Waals surface area contributed by atoms with Gasteiger partial charge in [-0.1, -0.05) is 13.8 Å². The van der Waals surface area contributed by atoms with Crippen LogP contribution in [0, 0.1) is 5.92 Å². The molecule has 3 heteroatoms. The Kier molecular flexibility index (Phi) is 3.12. The molecule has 1 aromatic rings. The lowest BCUT2D eigenvalue weighted by molar-refractivity contribution is 0.119. The summed E-state index contributed by atoms with van der Waals surface area (Å²) < 4.78 is 1.96. The van der Waals surface area contributed by atoms with Gasteiger partial charge in [0.25, 0.3) is 0 Å². The number of rotatable bonds is 3. The molecule has 0 radical (unpaired) electrons. The standard InChI is InChI=1S/C10H18N2O/c1-7(2)10(13)9-5-4-8(6-11)12(9)3/h4-5,7,10,13H,6,11H2,1-3H3. The maximum Gasteiger partial charge on any atom is 0.0962 e. The summed E-state index contributed by atoms with van der Waals surface area (Å²) in [6, 6.07) is 3.90. The summed E-state index contributed by atoms with van der Waals surface area (Å²) >= 11 is 0. The predicted molar refractivity (Wildman–Crippen MR) is 53.1 cm³/mol.